The number of aromatic nitrogens is 2. The van der Waals surface area contributed by atoms with E-state index in [4.69, 9.17) is 9.47 Å². The van der Waals surface area contributed by atoms with Crippen molar-refractivity contribution in [1.82, 2.24) is 20.0 Å². The molecule has 1 aliphatic rings. The summed E-state index contributed by atoms with van der Waals surface area (Å²) in [6.07, 6.45) is 5.35. The number of nitrogens with zero attached hydrogens (tertiary/aromatic N) is 4. The molecule has 0 atom stereocenters. The van der Waals surface area contributed by atoms with E-state index in [1.807, 2.05) is 18.8 Å². The Balaban J connectivity index is 0.00000392. The minimum atomic E-state index is 0. The molecular formula is C20H38IN5O2. The molecule has 0 bridgehead atoms. The normalized spacial score (nSPS) is 15.6. The van der Waals surface area contributed by atoms with E-state index < -0.39 is 0 Å². The molecule has 1 aromatic rings. The van der Waals surface area contributed by atoms with E-state index in [1.54, 1.807) is 7.11 Å². The number of hydrogen-bond acceptors (Lipinski definition) is 4. The first-order valence-electron chi connectivity index (χ1n) is 10.2. The maximum absolute atomic E-state index is 5.96. The van der Waals surface area contributed by atoms with Gasteiger partial charge >= 0.3 is 0 Å². The van der Waals surface area contributed by atoms with Crippen LogP contribution in [0.5, 0.6) is 0 Å². The molecule has 1 fully saturated rings. The lowest BCUT2D eigenvalue weighted by Crippen LogP contribution is -2.46. The summed E-state index contributed by atoms with van der Waals surface area (Å²) in [4.78, 5) is 6.84. The summed E-state index contributed by atoms with van der Waals surface area (Å²) in [5, 5.41) is 8.22. The van der Waals surface area contributed by atoms with Gasteiger partial charge in [-0.1, -0.05) is 13.8 Å². The first-order valence-corrected chi connectivity index (χ1v) is 10.2. The Labute approximate surface area is 187 Å². The molecule has 28 heavy (non-hydrogen) atoms. The number of guanidine groups is 1. The van der Waals surface area contributed by atoms with Crippen molar-refractivity contribution in [3.63, 3.8) is 0 Å². The van der Waals surface area contributed by atoms with Crippen LogP contribution in [0.1, 0.15) is 50.1 Å². The predicted octanol–water partition coefficient (Wildman–Crippen LogP) is 2.76. The second kappa shape index (κ2) is 13.4. The number of aryl methyl sites for hydroxylation is 2. The minimum Gasteiger partial charge on any atom is -0.385 e. The van der Waals surface area contributed by atoms with E-state index in [2.05, 4.69) is 34.2 Å². The van der Waals surface area contributed by atoms with Gasteiger partial charge in [0.15, 0.2) is 5.96 Å². The zero-order chi connectivity index (χ0) is 19.6. The van der Waals surface area contributed by atoms with Crippen LogP contribution in [0.15, 0.2) is 4.99 Å². The third-order valence-corrected chi connectivity index (χ3v) is 5.25. The molecule has 8 heteroatoms. The molecule has 0 aromatic carbocycles. The average molecular weight is 507 g/mol. The average Bonchev–Trinajstić information content (AvgIpc) is 3.01. The van der Waals surface area contributed by atoms with E-state index in [1.165, 1.54) is 17.0 Å². The Kier molecular flexibility index (Phi) is 12.0. The molecular weight excluding hydrogens is 469 g/mol. The number of piperidine rings is 1. The quantitative estimate of drug-likeness (QED) is 0.241. The summed E-state index contributed by atoms with van der Waals surface area (Å²) >= 11 is 0. The molecule has 0 spiro atoms. The smallest absolute Gasteiger partial charge is 0.193 e. The lowest BCUT2D eigenvalue weighted by Gasteiger charge is -2.34. The van der Waals surface area contributed by atoms with Crippen LogP contribution in [-0.4, -0.2) is 67.2 Å². The monoisotopic (exact) mass is 507 g/mol. The summed E-state index contributed by atoms with van der Waals surface area (Å²) in [5.41, 5.74) is 3.80. The Bertz CT molecular complexity index is 598. The van der Waals surface area contributed by atoms with Crippen molar-refractivity contribution >= 4 is 29.9 Å². The number of ether oxygens (including phenoxy) is 2. The second-order valence-corrected chi connectivity index (χ2v) is 7.01. The summed E-state index contributed by atoms with van der Waals surface area (Å²) in [6, 6.07) is 0. The highest BCUT2D eigenvalue weighted by Gasteiger charge is 2.22. The molecule has 0 saturated carbocycles. The van der Waals surface area contributed by atoms with Crippen LogP contribution in [0, 0.1) is 0 Å². The molecule has 2 heterocycles. The maximum Gasteiger partial charge on any atom is 0.193 e. The number of aliphatic imine (C=N–C) groups is 1. The molecule has 0 unspecified atom stereocenters. The molecule has 1 N–H and O–H groups in total. The van der Waals surface area contributed by atoms with Crippen LogP contribution in [-0.2, 0) is 35.9 Å². The Morgan fingerprint density at radius 2 is 1.93 bits per heavy atom. The van der Waals surface area contributed by atoms with Crippen molar-refractivity contribution in [2.75, 3.05) is 40.5 Å². The second-order valence-electron chi connectivity index (χ2n) is 7.01. The van der Waals surface area contributed by atoms with E-state index >= 15 is 0 Å². The SMILES string of the molecule is CCc1nn(C)c(CC)c1CNC(=NC)N1CCC(OCCCOC)CC1.I. The van der Waals surface area contributed by atoms with Gasteiger partial charge in [-0.3, -0.25) is 9.67 Å². The highest BCUT2D eigenvalue weighted by molar-refractivity contribution is 14.0. The number of hydrogen-bond donors (Lipinski definition) is 1. The van der Waals surface area contributed by atoms with Gasteiger partial charge in [0.05, 0.1) is 11.8 Å². The van der Waals surface area contributed by atoms with Gasteiger partial charge in [0.1, 0.15) is 0 Å². The molecule has 0 amide bonds. The largest absolute Gasteiger partial charge is 0.385 e. The summed E-state index contributed by atoms with van der Waals surface area (Å²) in [5.74, 6) is 0.973. The van der Waals surface area contributed by atoms with Gasteiger partial charge in [-0.2, -0.15) is 5.10 Å². The molecule has 0 aliphatic carbocycles. The Morgan fingerprint density at radius 1 is 1.21 bits per heavy atom. The third-order valence-electron chi connectivity index (χ3n) is 5.25. The molecule has 7 nitrogen and oxygen atoms in total. The summed E-state index contributed by atoms with van der Waals surface area (Å²) < 4.78 is 13.1. The fraction of sp³-hybridized carbons (Fsp3) is 0.800. The topological polar surface area (TPSA) is 63.9 Å². The van der Waals surface area contributed by atoms with Crippen molar-refractivity contribution in [2.45, 2.75) is 58.6 Å². The van der Waals surface area contributed by atoms with Crippen LogP contribution in [0.25, 0.3) is 0 Å². The van der Waals surface area contributed by atoms with Gasteiger partial charge in [-0.05, 0) is 32.1 Å². The predicted molar refractivity (Wildman–Crippen MR) is 125 cm³/mol. The third kappa shape index (κ3) is 6.88. The zero-order valence-corrected chi connectivity index (χ0v) is 20.5. The van der Waals surface area contributed by atoms with Gasteiger partial charge in [0.25, 0.3) is 0 Å². The van der Waals surface area contributed by atoms with Crippen molar-refractivity contribution in [3.05, 3.63) is 17.0 Å². The van der Waals surface area contributed by atoms with Crippen LogP contribution in [0.4, 0.5) is 0 Å². The first kappa shape index (κ1) is 25.2. The molecule has 2 rings (SSSR count). The van der Waals surface area contributed by atoms with Crippen molar-refractivity contribution in [3.8, 4) is 0 Å². The van der Waals surface area contributed by atoms with E-state index in [0.717, 1.165) is 70.9 Å². The van der Waals surface area contributed by atoms with Crippen LogP contribution < -0.4 is 5.32 Å². The van der Waals surface area contributed by atoms with Gasteiger partial charge in [0.2, 0.25) is 0 Å². The summed E-state index contributed by atoms with van der Waals surface area (Å²) in [6.45, 7) is 8.63. The minimum absolute atomic E-state index is 0. The number of methoxy groups -OCH3 is 1. The van der Waals surface area contributed by atoms with E-state index in [0.29, 0.717) is 6.10 Å². The van der Waals surface area contributed by atoms with Gasteiger partial charge < -0.3 is 19.7 Å². The number of rotatable bonds is 9. The highest BCUT2D eigenvalue weighted by Crippen LogP contribution is 2.17. The standard InChI is InChI=1S/C20H37N5O2.HI/c1-6-18-17(19(7-2)24(4)23-18)15-22-20(21-3)25-11-9-16(10-12-25)27-14-8-13-26-5;/h16H,6-15H2,1-5H3,(H,21,22);1H. The van der Waals surface area contributed by atoms with Crippen molar-refractivity contribution in [1.29, 1.82) is 0 Å². The molecule has 162 valence electrons. The maximum atomic E-state index is 5.96. The number of nitrogens with one attached hydrogen (secondary N) is 1. The number of halogens is 1. The van der Waals surface area contributed by atoms with Gasteiger partial charge in [-0.15, -0.1) is 24.0 Å². The van der Waals surface area contributed by atoms with E-state index in [9.17, 15) is 0 Å². The molecule has 1 aromatic heterocycles. The molecule has 0 radical (unpaired) electrons. The van der Waals surface area contributed by atoms with Crippen LogP contribution >= 0.6 is 24.0 Å². The summed E-state index contributed by atoms with van der Waals surface area (Å²) in [7, 11) is 5.63. The molecule has 1 saturated heterocycles. The van der Waals surface area contributed by atoms with Crippen molar-refractivity contribution in [2.24, 2.45) is 12.0 Å². The lowest BCUT2D eigenvalue weighted by molar-refractivity contribution is 0.00989. The van der Waals surface area contributed by atoms with Gasteiger partial charge in [-0.25, -0.2) is 0 Å². The first-order chi connectivity index (χ1) is 13.1. The zero-order valence-electron chi connectivity index (χ0n) is 18.2. The Hall–Kier alpha value is -0.870. The van der Waals surface area contributed by atoms with Crippen molar-refractivity contribution < 1.29 is 9.47 Å². The van der Waals surface area contributed by atoms with Gasteiger partial charge in [0, 0.05) is 65.3 Å². The molecule has 1 aliphatic heterocycles. The fourth-order valence-electron chi connectivity index (χ4n) is 3.78. The Morgan fingerprint density at radius 3 is 2.50 bits per heavy atom. The van der Waals surface area contributed by atoms with Crippen LogP contribution in [0.2, 0.25) is 0 Å². The lowest BCUT2D eigenvalue weighted by atomic mass is 10.1. The van der Waals surface area contributed by atoms with Crippen LogP contribution in [0.3, 0.4) is 0 Å². The number of likely N-dealkylation sites (tertiary alicyclic amines) is 1. The highest BCUT2D eigenvalue weighted by atomic mass is 127. The van der Waals surface area contributed by atoms with E-state index in [-0.39, 0.29) is 24.0 Å². The fourth-order valence-corrected chi connectivity index (χ4v) is 3.78.